The maximum atomic E-state index is 11.9. The zero-order valence-corrected chi connectivity index (χ0v) is 12.1. The molecule has 1 aromatic carbocycles. The summed E-state index contributed by atoms with van der Waals surface area (Å²) in [5, 5.41) is 20.9. The molecule has 2 aromatic rings. The topological polar surface area (TPSA) is 97.1 Å². The summed E-state index contributed by atoms with van der Waals surface area (Å²) in [6.45, 7) is 1.63. The van der Waals surface area contributed by atoms with Crippen LogP contribution in [0.25, 0.3) is 0 Å². The minimum Gasteiger partial charge on any atom is -0.379 e. The highest BCUT2D eigenvalue weighted by Crippen LogP contribution is 2.28. The standard InChI is InChI=1S/C15H16N4O3/c1-15(22,10-5-3-2-4-6-10)12-9-19(18-17-12)11-7-8-13(20)16-14(11)21/h2-6,9,11,22H,7-8H2,1H3,(H,16,20,21). The first kappa shape index (κ1) is 14.4. The normalized spacial score (nSPS) is 21.3. The van der Waals surface area contributed by atoms with Crippen molar-refractivity contribution in [2.45, 2.75) is 31.4 Å². The van der Waals surface area contributed by atoms with Gasteiger partial charge in [-0.3, -0.25) is 14.9 Å². The van der Waals surface area contributed by atoms with Crippen LogP contribution in [0.5, 0.6) is 0 Å². The number of aromatic nitrogens is 3. The van der Waals surface area contributed by atoms with Crippen molar-refractivity contribution < 1.29 is 14.7 Å². The average Bonchev–Trinajstić information content (AvgIpc) is 2.98. The Labute approximate surface area is 126 Å². The van der Waals surface area contributed by atoms with Crippen molar-refractivity contribution in [2.75, 3.05) is 0 Å². The second-order valence-electron chi connectivity index (χ2n) is 5.49. The SMILES string of the molecule is CC(O)(c1ccccc1)c1cn(C2CCC(=O)NC2=O)nn1. The highest BCUT2D eigenvalue weighted by atomic mass is 16.3. The number of hydrogen-bond acceptors (Lipinski definition) is 5. The fourth-order valence-electron chi connectivity index (χ4n) is 2.50. The molecule has 2 N–H and O–H groups in total. The Balaban J connectivity index is 1.88. The van der Waals surface area contributed by atoms with Crippen molar-refractivity contribution >= 4 is 11.8 Å². The van der Waals surface area contributed by atoms with Gasteiger partial charge in [-0.2, -0.15) is 0 Å². The third kappa shape index (κ3) is 2.50. The molecule has 0 saturated carbocycles. The number of carbonyl (C=O) groups is 2. The molecule has 0 bridgehead atoms. The summed E-state index contributed by atoms with van der Waals surface area (Å²) in [6, 6.07) is 8.53. The van der Waals surface area contributed by atoms with Crippen LogP contribution in [0.1, 0.15) is 37.1 Å². The molecule has 1 aromatic heterocycles. The minimum atomic E-state index is -1.31. The van der Waals surface area contributed by atoms with Gasteiger partial charge in [-0.1, -0.05) is 35.5 Å². The van der Waals surface area contributed by atoms with Crippen molar-refractivity contribution in [2.24, 2.45) is 0 Å². The van der Waals surface area contributed by atoms with Gasteiger partial charge in [-0.15, -0.1) is 5.10 Å². The first-order chi connectivity index (χ1) is 10.5. The van der Waals surface area contributed by atoms with E-state index < -0.39 is 17.6 Å². The van der Waals surface area contributed by atoms with Crippen molar-refractivity contribution in [1.82, 2.24) is 20.3 Å². The number of hydrogen-bond donors (Lipinski definition) is 2. The Kier molecular flexibility index (Phi) is 3.50. The summed E-state index contributed by atoms with van der Waals surface area (Å²) in [4.78, 5) is 23.0. The van der Waals surface area contributed by atoms with E-state index in [1.54, 1.807) is 25.3 Å². The molecule has 0 aliphatic carbocycles. The van der Waals surface area contributed by atoms with E-state index in [-0.39, 0.29) is 12.3 Å². The summed E-state index contributed by atoms with van der Waals surface area (Å²) in [6.07, 6.45) is 2.19. The van der Waals surface area contributed by atoms with E-state index in [4.69, 9.17) is 0 Å². The van der Waals surface area contributed by atoms with Crippen LogP contribution in [0.4, 0.5) is 0 Å². The molecule has 0 spiro atoms. The first-order valence-corrected chi connectivity index (χ1v) is 7.02. The Bertz CT molecular complexity index is 709. The molecule has 2 amide bonds. The van der Waals surface area contributed by atoms with E-state index in [0.717, 1.165) is 0 Å². The van der Waals surface area contributed by atoms with E-state index in [1.165, 1.54) is 4.68 Å². The smallest absolute Gasteiger partial charge is 0.251 e. The lowest BCUT2D eigenvalue weighted by Crippen LogP contribution is -2.41. The van der Waals surface area contributed by atoms with Crippen LogP contribution in [0.15, 0.2) is 36.5 Å². The Morgan fingerprint density at radius 2 is 2.05 bits per heavy atom. The molecular weight excluding hydrogens is 284 g/mol. The third-order valence-corrected chi connectivity index (χ3v) is 3.87. The number of rotatable bonds is 3. The van der Waals surface area contributed by atoms with E-state index in [9.17, 15) is 14.7 Å². The molecule has 1 saturated heterocycles. The average molecular weight is 300 g/mol. The molecule has 2 unspecified atom stereocenters. The van der Waals surface area contributed by atoms with Crippen LogP contribution >= 0.6 is 0 Å². The molecule has 7 heteroatoms. The van der Waals surface area contributed by atoms with Crippen LogP contribution in [-0.4, -0.2) is 31.9 Å². The van der Waals surface area contributed by atoms with Crippen LogP contribution in [-0.2, 0) is 15.2 Å². The lowest BCUT2D eigenvalue weighted by atomic mass is 9.93. The molecule has 3 rings (SSSR count). The number of amides is 2. The predicted octanol–water partition coefficient (Wildman–Crippen LogP) is 0.512. The largest absolute Gasteiger partial charge is 0.379 e. The van der Waals surface area contributed by atoms with Crippen LogP contribution < -0.4 is 5.32 Å². The molecule has 114 valence electrons. The number of carbonyl (C=O) groups excluding carboxylic acids is 2. The third-order valence-electron chi connectivity index (χ3n) is 3.87. The Morgan fingerprint density at radius 1 is 1.32 bits per heavy atom. The maximum absolute atomic E-state index is 11.9. The second kappa shape index (κ2) is 5.34. The molecule has 2 atom stereocenters. The number of piperidine rings is 1. The van der Waals surface area contributed by atoms with Crippen LogP contribution in [0.3, 0.4) is 0 Å². The monoisotopic (exact) mass is 300 g/mol. The molecular formula is C15H16N4O3. The summed E-state index contributed by atoms with van der Waals surface area (Å²) < 4.78 is 1.40. The van der Waals surface area contributed by atoms with E-state index >= 15 is 0 Å². The second-order valence-corrected chi connectivity index (χ2v) is 5.49. The fourth-order valence-corrected chi connectivity index (χ4v) is 2.50. The lowest BCUT2D eigenvalue weighted by molar-refractivity contribution is -0.136. The molecule has 2 heterocycles. The zero-order valence-electron chi connectivity index (χ0n) is 12.1. The fraction of sp³-hybridized carbons (Fsp3) is 0.333. The van der Waals surface area contributed by atoms with Crippen molar-refractivity contribution in [1.29, 1.82) is 0 Å². The Hall–Kier alpha value is -2.54. The van der Waals surface area contributed by atoms with Crippen molar-refractivity contribution in [3.8, 4) is 0 Å². The van der Waals surface area contributed by atoms with Gasteiger partial charge in [0.2, 0.25) is 5.91 Å². The van der Waals surface area contributed by atoms with Crippen LogP contribution in [0.2, 0.25) is 0 Å². The molecule has 1 fully saturated rings. The van der Waals surface area contributed by atoms with Gasteiger partial charge in [0, 0.05) is 6.42 Å². The maximum Gasteiger partial charge on any atom is 0.251 e. The lowest BCUT2D eigenvalue weighted by Gasteiger charge is -2.22. The van der Waals surface area contributed by atoms with Gasteiger partial charge in [0.25, 0.3) is 5.91 Å². The van der Waals surface area contributed by atoms with Gasteiger partial charge in [0.15, 0.2) is 0 Å². The number of nitrogens with one attached hydrogen (secondary N) is 1. The van der Waals surface area contributed by atoms with Gasteiger partial charge >= 0.3 is 0 Å². The van der Waals surface area contributed by atoms with Crippen molar-refractivity contribution in [3.63, 3.8) is 0 Å². The van der Waals surface area contributed by atoms with E-state index in [2.05, 4.69) is 15.6 Å². The molecule has 1 aliphatic rings. The van der Waals surface area contributed by atoms with Gasteiger partial charge in [-0.05, 0) is 18.9 Å². The van der Waals surface area contributed by atoms with Gasteiger partial charge in [0.05, 0.1) is 6.20 Å². The van der Waals surface area contributed by atoms with Gasteiger partial charge in [0.1, 0.15) is 17.3 Å². The van der Waals surface area contributed by atoms with E-state index in [1.807, 2.05) is 18.2 Å². The number of benzene rings is 1. The highest BCUT2D eigenvalue weighted by Gasteiger charge is 2.33. The van der Waals surface area contributed by atoms with Gasteiger partial charge < -0.3 is 5.11 Å². The molecule has 22 heavy (non-hydrogen) atoms. The summed E-state index contributed by atoms with van der Waals surface area (Å²) >= 11 is 0. The minimum absolute atomic E-state index is 0.265. The summed E-state index contributed by atoms with van der Waals surface area (Å²) in [5.74, 6) is -0.676. The van der Waals surface area contributed by atoms with Crippen LogP contribution in [0, 0.1) is 0 Å². The molecule has 1 aliphatic heterocycles. The quantitative estimate of drug-likeness (QED) is 0.805. The molecule has 7 nitrogen and oxygen atoms in total. The number of aliphatic hydroxyl groups is 1. The number of nitrogens with zero attached hydrogens (tertiary/aromatic N) is 3. The highest BCUT2D eigenvalue weighted by molar-refractivity contribution is 5.99. The summed E-state index contributed by atoms with van der Waals surface area (Å²) in [7, 11) is 0. The first-order valence-electron chi connectivity index (χ1n) is 7.02. The Morgan fingerprint density at radius 3 is 2.73 bits per heavy atom. The predicted molar refractivity (Wildman–Crippen MR) is 76.6 cm³/mol. The van der Waals surface area contributed by atoms with Crippen molar-refractivity contribution in [3.05, 3.63) is 47.8 Å². The van der Waals surface area contributed by atoms with Gasteiger partial charge in [-0.25, -0.2) is 4.68 Å². The molecule has 0 radical (unpaired) electrons. The van der Waals surface area contributed by atoms with E-state index in [0.29, 0.717) is 17.7 Å². The number of imide groups is 1. The summed E-state index contributed by atoms with van der Waals surface area (Å²) in [5.41, 5.74) is -0.269. The zero-order chi connectivity index (χ0) is 15.7.